The highest BCUT2D eigenvalue weighted by Crippen LogP contribution is 2.15. The summed E-state index contributed by atoms with van der Waals surface area (Å²) in [7, 11) is -1.96. The summed E-state index contributed by atoms with van der Waals surface area (Å²) in [6, 6.07) is 2.99. The number of hydrogen-bond donors (Lipinski definition) is 2. The summed E-state index contributed by atoms with van der Waals surface area (Å²) in [6.45, 7) is 7.50. The Morgan fingerprint density at radius 2 is 2.00 bits per heavy atom. The van der Waals surface area contributed by atoms with Crippen LogP contribution in [0, 0.1) is 5.92 Å². The number of nitrogens with one attached hydrogen (secondary N) is 2. The maximum Gasteiger partial charge on any atom is 0.274 e. The predicted octanol–water partition coefficient (Wildman–Crippen LogP) is 1.34. The summed E-state index contributed by atoms with van der Waals surface area (Å²) < 4.78 is 37.0. The molecule has 1 atom stereocenters. The number of furan rings is 1. The Balaban J connectivity index is 2.61. The van der Waals surface area contributed by atoms with E-state index in [1.807, 2.05) is 20.8 Å². The molecule has 0 amide bonds. The molecule has 1 rings (SSSR count). The molecule has 1 aromatic heterocycles. The molecule has 0 spiro atoms. The van der Waals surface area contributed by atoms with Crippen LogP contribution in [0.4, 0.5) is 0 Å². The third-order valence-electron chi connectivity index (χ3n) is 3.03. The van der Waals surface area contributed by atoms with Crippen LogP contribution in [0.1, 0.15) is 26.5 Å². The number of sulfonamides is 1. The van der Waals surface area contributed by atoms with Gasteiger partial charge in [0, 0.05) is 19.7 Å². The minimum Gasteiger partial charge on any atom is -0.447 e. The summed E-state index contributed by atoms with van der Waals surface area (Å²) >= 11 is 0. The molecule has 0 saturated heterocycles. The maximum absolute atomic E-state index is 12.1. The lowest BCUT2D eigenvalue weighted by Crippen LogP contribution is -2.35. The van der Waals surface area contributed by atoms with Crippen molar-refractivity contribution >= 4 is 10.0 Å². The molecule has 6 nitrogen and oxygen atoms in total. The first-order valence-electron chi connectivity index (χ1n) is 6.67. The zero-order chi connectivity index (χ0) is 15.2. The molecule has 0 aliphatic carbocycles. The van der Waals surface area contributed by atoms with Gasteiger partial charge < -0.3 is 14.5 Å². The van der Waals surface area contributed by atoms with E-state index in [9.17, 15) is 8.42 Å². The standard InChI is InChI=1S/C13H24N2O4S/c1-10(2)11(3)15-20(16,17)13-6-5-12(19-13)9-14-7-8-18-4/h5-6,10-11,14-15H,7-9H2,1-4H3. The minimum atomic E-state index is -3.59. The summed E-state index contributed by atoms with van der Waals surface area (Å²) in [5.41, 5.74) is 0. The van der Waals surface area contributed by atoms with Gasteiger partial charge in [-0.2, -0.15) is 0 Å². The highest BCUT2D eigenvalue weighted by Gasteiger charge is 2.22. The van der Waals surface area contributed by atoms with Gasteiger partial charge in [-0.1, -0.05) is 13.8 Å². The molecule has 0 aliphatic heterocycles. The van der Waals surface area contributed by atoms with Crippen molar-refractivity contribution in [3.63, 3.8) is 0 Å². The summed E-state index contributed by atoms with van der Waals surface area (Å²) in [4.78, 5) is 0. The summed E-state index contributed by atoms with van der Waals surface area (Å²) in [6.07, 6.45) is 0. The SMILES string of the molecule is COCCNCc1ccc(S(=O)(=O)NC(C)C(C)C)o1. The second-order valence-corrected chi connectivity index (χ2v) is 6.69. The molecule has 1 unspecified atom stereocenters. The average Bonchev–Trinajstić information content (AvgIpc) is 2.83. The van der Waals surface area contributed by atoms with Gasteiger partial charge >= 0.3 is 0 Å². The van der Waals surface area contributed by atoms with E-state index < -0.39 is 10.0 Å². The molecule has 0 aromatic carbocycles. The first kappa shape index (κ1) is 17.2. The Morgan fingerprint density at radius 1 is 1.30 bits per heavy atom. The molecule has 0 aliphatic rings. The first-order valence-corrected chi connectivity index (χ1v) is 8.16. The van der Waals surface area contributed by atoms with E-state index in [2.05, 4.69) is 10.0 Å². The fraction of sp³-hybridized carbons (Fsp3) is 0.692. The van der Waals surface area contributed by atoms with Crippen molar-refractivity contribution in [3.05, 3.63) is 17.9 Å². The monoisotopic (exact) mass is 304 g/mol. The summed E-state index contributed by atoms with van der Waals surface area (Å²) in [5, 5.41) is 3.04. The van der Waals surface area contributed by atoms with E-state index in [1.54, 1.807) is 13.2 Å². The first-order chi connectivity index (χ1) is 9.36. The third kappa shape index (κ3) is 5.24. The fourth-order valence-electron chi connectivity index (χ4n) is 1.42. The molecular weight excluding hydrogens is 280 g/mol. The molecule has 20 heavy (non-hydrogen) atoms. The Morgan fingerprint density at radius 3 is 2.60 bits per heavy atom. The van der Waals surface area contributed by atoms with Crippen LogP contribution in [0.3, 0.4) is 0 Å². The van der Waals surface area contributed by atoms with Crippen molar-refractivity contribution in [2.75, 3.05) is 20.3 Å². The Bertz CT molecular complexity index is 496. The Labute approximate surface area is 120 Å². The fourth-order valence-corrected chi connectivity index (χ4v) is 2.76. The van der Waals surface area contributed by atoms with Crippen LogP contribution in [-0.2, 0) is 21.3 Å². The molecule has 1 aromatic rings. The zero-order valence-corrected chi connectivity index (χ0v) is 13.3. The minimum absolute atomic E-state index is 0.0476. The molecule has 2 N–H and O–H groups in total. The van der Waals surface area contributed by atoms with Gasteiger partial charge in [0.1, 0.15) is 5.76 Å². The number of methoxy groups -OCH3 is 1. The molecular formula is C13H24N2O4S. The van der Waals surface area contributed by atoms with Gasteiger partial charge in [-0.05, 0) is 25.0 Å². The topological polar surface area (TPSA) is 80.6 Å². The van der Waals surface area contributed by atoms with Crippen LogP contribution in [0.15, 0.2) is 21.6 Å². The van der Waals surface area contributed by atoms with Crippen molar-refractivity contribution in [3.8, 4) is 0 Å². The smallest absolute Gasteiger partial charge is 0.274 e. The van der Waals surface area contributed by atoms with Gasteiger partial charge in [-0.25, -0.2) is 13.1 Å². The van der Waals surface area contributed by atoms with Crippen molar-refractivity contribution in [2.24, 2.45) is 5.92 Å². The van der Waals surface area contributed by atoms with E-state index in [4.69, 9.17) is 9.15 Å². The van der Waals surface area contributed by atoms with Crippen LogP contribution < -0.4 is 10.0 Å². The van der Waals surface area contributed by atoms with Crippen molar-refractivity contribution in [2.45, 2.75) is 38.5 Å². The van der Waals surface area contributed by atoms with Crippen LogP contribution >= 0.6 is 0 Å². The molecule has 0 fully saturated rings. The van der Waals surface area contributed by atoms with E-state index in [0.29, 0.717) is 25.5 Å². The van der Waals surface area contributed by atoms with Crippen LogP contribution in [0.5, 0.6) is 0 Å². The highest BCUT2D eigenvalue weighted by atomic mass is 32.2. The van der Waals surface area contributed by atoms with Crippen LogP contribution in [0.2, 0.25) is 0 Å². The number of hydrogen-bond acceptors (Lipinski definition) is 5. The van der Waals surface area contributed by atoms with E-state index in [-0.39, 0.29) is 17.1 Å². The third-order valence-corrected chi connectivity index (χ3v) is 4.46. The Hall–Kier alpha value is -0.890. The van der Waals surface area contributed by atoms with Gasteiger partial charge in [0.05, 0.1) is 13.2 Å². The molecule has 7 heteroatoms. The number of ether oxygens (including phenoxy) is 1. The van der Waals surface area contributed by atoms with Crippen molar-refractivity contribution < 1.29 is 17.6 Å². The lowest BCUT2D eigenvalue weighted by molar-refractivity contribution is 0.198. The number of rotatable bonds is 9. The van der Waals surface area contributed by atoms with Crippen molar-refractivity contribution in [1.82, 2.24) is 10.0 Å². The van der Waals surface area contributed by atoms with Crippen LogP contribution in [-0.4, -0.2) is 34.7 Å². The Kier molecular flexibility index (Phi) is 6.67. The van der Waals surface area contributed by atoms with Crippen molar-refractivity contribution in [1.29, 1.82) is 0 Å². The summed E-state index contributed by atoms with van der Waals surface area (Å²) in [5.74, 6) is 0.800. The normalized spacial score (nSPS) is 13.8. The molecule has 0 bridgehead atoms. The van der Waals surface area contributed by atoms with Gasteiger partial charge in [0.15, 0.2) is 0 Å². The molecule has 1 heterocycles. The molecule has 0 radical (unpaired) electrons. The molecule has 116 valence electrons. The second-order valence-electron chi connectivity index (χ2n) is 5.04. The quantitative estimate of drug-likeness (QED) is 0.673. The van der Waals surface area contributed by atoms with Gasteiger partial charge in [0.2, 0.25) is 5.09 Å². The highest BCUT2D eigenvalue weighted by molar-refractivity contribution is 7.89. The zero-order valence-electron chi connectivity index (χ0n) is 12.5. The average molecular weight is 304 g/mol. The van der Waals surface area contributed by atoms with Gasteiger partial charge in [0.25, 0.3) is 10.0 Å². The van der Waals surface area contributed by atoms with Crippen LogP contribution in [0.25, 0.3) is 0 Å². The lowest BCUT2D eigenvalue weighted by atomic mass is 10.1. The molecule has 0 saturated carbocycles. The van der Waals surface area contributed by atoms with Gasteiger partial charge in [-0.15, -0.1) is 0 Å². The van der Waals surface area contributed by atoms with E-state index in [0.717, 1.165) is 0 Å². The largest absolute Gasteiger partial charge is 0.447 e. The van der Waals surface area contributed by atoms with E-state index in [1.165, 1.54) is 6.07 Å². The maximum atomic E-state index is 12.1. The second kappa shape index (κ2) is 7.78. The van der Waals surface area contributed by atoms with E-state index >= 15 is 0 Å². The van der Waals surface area contributed by atoms with Gasteiger partial charge in [-0.3, -0.25) is 0 Å². The lowest BCUT2D eigenvalue weighted by Gasteiger charge is -2.16. The predicted molar refractivity (Wildman–Crippen MR) is 76.9 cm³/mol.